The monoisotopic (exact) mass is 279 g/mol. The number of aromatic nitrogens is 2. The Labute approximate surface area is 123 Å². The number of aromatic amines is 1. The number of rotatable bonds is 3. The van der Waals surface area contributed by atoms with Gasteiger partial charge in [-0.25, -0.2) is 0 Å². The maximum atomic E-state index is 12.5. The first-order chi connectivity index (χ1) is 10.2. The number of H-pyrrole nitrogens is 1. The average Bonchev–Trinajstić information content (AvgIpc) is 2.96. The summed E-state index contributed by atoms with van der Waals surface area (Å²) >= 11 is 0. The Morgan fingerprint density at radius 1 is 1.29 bits per heavy atom. The summed E-state index contributed by atoms with van der Waals surface area (Å²) in [5.41, 5.74) is 4.62. The van der Waals surface area contributed by atoms with Crippen molar-refractivity contribution in [2.75, 3.05) is 5.32 Å². The molecule has 2 aromatic carbocycles. The van der Waals surface area contributed by atoms with Gasteiger partial charge in [0.1, 0.15) is 0 Å². The Kier molecular flexibility index (Phi) is 3.44. The lowest BCUT2D eigenvalue weighted by Crippen LogP contribution is -2.14. The molecule has 1 heterocycles. The smallest absolute Gasteiger partial charge is 0.255 e. The van der Waals surface area contributed by atoms with Crippen LogP contribution in [-0.4, -0.2) is 16.1 Å². The molecule has 0 aliphatic rings. The van der Waals surface area contributed by atoms with Crippen LogP contribution in [0.5, 0.6) is 0 Å². The van der Waals surface area contributed by atoms with Crippen molar-refractivity contribution in [3.8, 4) is 0 Å². The van der Waals surface area contributed by atoms with E-state index in [1.807, 2.05) is 43.3 Å². The van der Waals surface area contributed by atoms with E-state index in [0.717, 1.165) is 34.1 Å². The second-order valence-electron chi connectivity index (χ2n) is 5.09. The van der Waals surface area contributed by atoms with E-state index in [4.69, 9.17) is 0 Å². The van der Waals surface area contributed by atoms with Crippen molar-refractivity contribution in [2.24, 2.45) is 0 Å². The fourth-order valence-electron chi connectivity index (χ4n) is 2.47. The van der Waals surface area contributed by atoms with Gasteiger partial charge in [-0.2, -0.15) is 5.10 Å². The molecule has 3 aromatic rings. The highest BCUT2D eigenvalue weighted by molar-refractivity contribution is 6.06. The maximum absolute atomic E-state index is 12.5. The number of carbonyl (C=O) groups is 1. The number of aryl methyl sites for hydroxylation is 2. The Bertz CT molecular complexity index is 805. The number of hydrogen-bond donors (Lipinski definition) is 2. The first-order valence-electron chi connectivity index (χ1n) is 7.02. The van der Waals surface area contributed by atoms with Crippen molar-refractivity contribution in [3.05, 3.63) is 59.3 Å². The third-order valence-corrected chi connectivity index (χ3v) is 3.68. The number of nitrogens with zero attached hydrogens (tertiary/aromatic N) is 1. The molecule has 0 fully saturated rings. The summed E-state index contributed by atoms with van der Waals surface area (Å²) in [6, 6.07) is 11.6. The Morgan fingerprint density at radius 2 is 2.14 bits per heavy atom. The van der Waals surface area contributed by atoms with E-state index in [9.17, 15) is 4.79 Å². The van der Waals surface area contributed by atoms with Crippen LogP contribution in [0.1, 0.15) is 28.4 Å². The van der Waals surface area contributed by atoms with Crippen molar-refractivity contribution < 1.29 is 4.79 Å². The van der Waals surface area contributed by atoms with Gasteiger partial charge in [-0.15, -0.1) is 0 Å². The zero-order chi connectivity index (χ0) is 14.8. The van der Waals surface area contributed by atoms with Gasteiger partial charge in [0.15, 0.2) is 0 Å². The minimum absolute atomic E-state index is 0.101. The highest BCUT2D eigenvalue weighted by Crippen LogP contribution is 2.22. The molecular formula is C17H17N3O. The molecule has 106 valence electrons. The topological polar surface area (TPSA) is 57.8 Å². The molecule has 0 aliphatic heterocycles. The molecule has 0 spiro atoms. The zero-order valence-electron chi connectivity index (χ0n) is 12.1. The van der Waals surface area contributed by atoms with E-state index >= 15 is 0 Å². The van der Waals surface area contributed by atoms with Crippen LogP contribution in [0, 0.1) is 6.92 Å². The quantitative estimate of drug-likeness (QED) is 0.768. The largest absolute Gasteiger partial charge is 0.321 e. The van der Waals surface area contributed by atoms with E-state index in [-0.39, 0.29) is 5.91 Å². The molecule has 0 saturated heterocycles. The van der Waals surface area contributed by atoms with Crippen LogP contribution in [0.25, 0.3) is 10.9 Å². The Hall–Kier alpha value is -2.62. The van der Waals surface area contributed by atoms with Crippen molar-refractivity contribution in [3.63, 3.8) is 0 Å². The van der Waals surface area contributed by atoms with Gasteiger partial charge in [0.2, 0.25) is 0 Å². The molecule has 0 saturated carbocycles. The normalized spacial score (nSPS) is 10.8. The molecule has 0 unspecified atom stereocenters. The summed E-state index contributed by atoms with van der Waals surface area (Å²) in [5, 5.41) is 10.9. The number of nitrogens with one attached hydrogen (secondary N) is 2. The van der Waals surface area contributed by atoms with E-state index in [0.29, 0.717) is 5.56 Å². The van der Waals surface area contributed by atoms with Crippen LogP contribution < -0.4 is 5.32 Å². The van der Waals surface area contributed by atoms with Gasteiger partial charge >= 0.3 is 0 Å². The lowest BCUT2D eigenvalue weighted by molar-refractivity contribution is 0.102. The fourth-order valence-corrected chi connectivity index (χ4v) is 2.47. The molecule has 0 radical (unpaired) electrons. The van der Waals surface area contributed by atoms with Crippen molar-refractivity contribution in [1.29, 1.82) is 0 Å². The molecule has 1 amide bonds. The molecule has 0 atom stereocenters. The second-order valence-corrected chi connectivity index (χ2v) is 5.09. The number of fused-ring (bicyclic) bond motifs is 1. The van der Waals surface area contributed by atoms with Crippen LogP contribution >= 0.6 is 0 Å². The van der Waals surface area contributed by atoms with Crippen molar-refractivity contribution >= 4 is 22.5 Å². The second kappa shape index (κ2) is 5.40. The number of benzene rings is 2. The molecule has 0 bridgehead atoms. The highest BCUT2D eigenvalue weighted by Gasteiger charge is 2.11. The lowest BCUT2D eigenvalue weighted by atomic mass is 10.1. The molecule has 1 aromatic heterocycles. The van der Waals surface area contributed by atoms with Crippen LogP contribution in [0.3, 0.4) is 0 Å². The predicted octanol–water partition coefficient (Wildman–Crippen LogP) is 3.69. The third-order valence-electron chi connectivity index (χ3n) is 3.68. The zero-order valence-corrected chi connectivity index (χ0v) is 12.1. The first kappa shape index (κ1) is 13.4. The van der Waals surface area contributed by atoms with Crippen LogP contribution in [0.4, 0.5) is 5.69 Å². The molecule has 21 heavy (non-hydrogen) atoms. The molecule has 2 N–H and O–H groups in total. The molecule has 3 rings (SSSR count). The van der Waals surface area contributed by atoms with Crippen LogP contribution in [-0.2, 0) is 6.42 Å². The summed E-state index contributed by atoms with van der Waals surface area (Å²) in [5.74, 6) is -0.101. The van der Waals surface area contributed by atoms with Crippen molar-refractivity contribution in [1.82, 2.24) is 10.2 Å². The number of para-hydroxylation sites is 1. The first-order valence-corrected chi connectivity index (χ1v) is 7.02. The molecule has 0 aliphatic carbocycles. The standard InChI is InChI=1S/C17H17N3O/c1-3-12-6-4-5-11(2)16(12)19-17(21)13-7-8-14-10-18-20-15(14)9-13/h4-10H,3H2,1-2H3,(H,18,20)(H,19,21). The summed E-state index contributed by atoms with van der Waals surface area (Å²) < 4.78 is 0. The van der Waals surface area contributed by atoms with E-state index < -0.39 is 0 Å². The van der Waals surface area contributed by atoms with Gasteiger partial charge in [0.25, 0.3) is 5.91 Å². The minimum atomic E-state index is -0.101. The van der Waals surface area contributed by atoms with Gasteiger partial charge in [0, 0.05) is 16.6 Å². The Morgan fingerprint density at radius 3 is 2.95 bits per heavy atom. The number of anilines is 1. The highest BCUT2D eigenvalue weighted by atomic mass is 16.1. The third kappa shape index (κ3) is 2.52. The molecular weight excluding hydrogens is 262 g/mol. The van der Waals surface area contributed by atoms with Crippen LogP contribution in [0.15, 0.2) is 42.6 Å². The minimum Gasteiger partial charge on any atom is -0.321 e. The number of hydrogen-bond acceptors (Lipinski definition) is 2. The predicted molar refractivity (Wildman–Crippen MR) is 84.6 cm³/mol. The van der Waals surface area contributed by atoms with E-state index in [1.54, 1.807) is 6.20 Å². The lowest BCUT2D eigenvalue weighted by Gasteiger charge is -2.13. The van der Waals surface area contributed by atoms with E-state index in [1.165, 1.54) is 0 Å². The van der Waals surface area contributed by atoms with Crippen LogP contribution in [0.2, 0.25) is 0 Å². The molecule has 4 nitrogen and oxygen atoms in total. The van der Waals surface area contributed by atoms with Crippen molar-refractivity contribution in [2.45, 2.75) is 20.3 Å². The summed E-state index contributed by atoms with van der Waals surface area (Å²) in [6.45, 7) is 4.09. The van der Waals surface area contributed by atoms with E-state index in [2.05, 4.69) is 22.4 Å². The van der Waals surface area contributed by atoms with Gasteiger partial charge < -0.3 is 5.32 Å². The maximum Gasteiger partial charge on any atom is 0.255 e. The number of carbonyl (C=O) groups excluding carboxylic acids is 1. The summed E-state index contributed by atoms with van der Waals surface area (Å²) in [6.07, 6.45) is 2.63. The van der Waals surface area contributed by atoms with Gasteiger partial charge in [-0.1, -0.05) is 31.2 Å². The fraction of sp³-hybridized carbons (Fsp3) is 0.176. The number of amides is 1. The average molecular weight is 279 g/mol. The molecule has 4 heteroatoms. The Balaban J connectivity index is 1.92. The summed E-state index contributed by atoms with van der Waals surface area (Å²) in [4.78, 5) is 12.5. The SMILES string of the molecule is CCc1cccc(C)c1NC(=O)c1ccc2cn[nH]c2c1. The van der Waals surface area contributed by atoms with Gasteiger partial charge in [0.05, 0.1) is 11.7 Å². The summed E-state index contributed by atoms with van der Waals surface area (Å²) in [7, 11) is 0. The van der Waals surface area contributed by atoms with Gasteiger partial charge in [-0.3, -0.25) is 9.89 Å². The van der Waals surface area contributed by atoms with Gasteiger partial charge in [-0.05, 0) is 36.6 Å².